The third-order valence-corrected chi connectivity index (χ3v) is 4.93. The number of ether oxygens (including phenoxy) is 1. The standard InChI is InChI=1S/C7H15N.C6H13NO.C6H13N/c1-7-4-3-5-8(2)6-7;1-6-5-7(2)3-4-8-6;1-6-3-4-7(2)5-6/h7H,3-6H2,1-2H3;6H,3-5H2,1-2H3;6H,3-5H2,1-2H3. The molecule has 3 heterocycles. The molecule has 138 valence electrons. The lowest BCUT2D eigenvalue weighted by molar-refractivity contribution is -0.00861. The molecule has 0 N–H and O–H groups in total. The Morgan fingerprint density at radius 1 is 0.696 bits per heavy atom. The van der Waals surface area contributed by atoms with E-state index in [1.165, 1.54) is 45.4 Å². The van der Waals surface area contributed by atoms with Crippen LogP contribution in [0.5, 0.6) is 0 Å². The van der Waals surface area contributed by atoms with E-state index in [0.717, 1.165) is 31.5 Å². The zero-order valence-electron chi connectivity index (χ0n) is 16.6. The van der Waals surface area contributed by atoms with E-state index in [2.05, 4.69) is 56.6 Å². The van der Waals surface area contributed by atoms with Crippen LogP contribution in [0, 0.1) is 11.8 Å². The van der Waals surface area contributed by atoms with Crippen molar-refractivity contribution in [2.24, 2.45) is 11.8 Å². The van der Waals surface area contributed by atoms with E-state index in [9.17, 15) is 0 Å². The van der Waals surface area contributed by atoms with Crippen LogP contribution in [0.1, 0.15) is 40.0 Å². The Morgan fingerprint density at radius 2 is 1.26 bits per heavy atom. The maximum Gasteiger partial charge on any atom is 0.0674 e. The average molecular weight is 328 g/mol. The Bertz CT molecular complexity index is 256. The van der Waals surface area contributed by atoms with Gasteiger partial charge in [-0.1, -0.05) is 13.8 Å². The van der Waals surface area contributed by atoms with Crippen molar-refractivity contribution < 1.29 is 4.74 Å². The van der Waals surface area contributed by atoms with Crippen LogP contribution >= 0.6 is 0 Å². The Labute approximate surface area is 145 Å². The van der Waals surface area contributed by atoms with Crippen molar-refractivity contribution in [2.75, 3.05) is 67.0 Å². The van der Waals surface area contributed by atoms with Crippen LogP contribution in [0.4, 0.5) is 0 Å². The number of rotatable bonds is 0. The largest absolute Gasteiger partial charge is 0.376 e. The minimum atomic E-state index is 0.439. The lowest BCUT2D eigenvalue weighted by atomic mass is 10.0. The van der Waals surface area contributed by atoms with E-state index in [1.807, 2.05) is 0 Å². The van der Waals surface area contributed by atoms with Crippen molar-refractivity contribution in [1.82, 2.24) is 14.7 Å². The van der Waals surface area contributed by atoms with Crippen LogP contribution in [-0.4, -0.2) is 87.8 Å². The Morgan fingerprint density at radius 3 is 1.57 bits per heavy atom. The molecule has 0 saturated carbocycles. The number of hydrogen-bond acceptors (Lipinski definition) is 4. The molecule has 0 aromatic carbocycles. The average Bonchev–Trinajstić information content (AvgIpc) is 2.83. The second kappa shape index (κ2) is 11.4. The van der Waals surface area contributed by atoms with Gasteiger partial charge in [0.2, 0.25) is 0 Å². The van der Waals surface area contributed by atoms with Crippen molar-refractivity contribution in [1.29, 1.82) is 0 Å². The fourth-order valence-corrected chi connectivity index (χ4v) is 3.57. The van der Waals surface area contributed by atoms with Crippen LogP contribution in [-0.2, 0) is 4.74 Å². The van der Waals surface area contributed by atoms with Crippen molar-refractivity contribution in [3.8, 4) is 0 Å². The molecule has 3 saturated heterocycles. The predicted octanol–water partition coefficient (Wildman–Crippen LogP) is 2.64. The third-order valence-electron chi connectivity index (χ3n) is 4.93. The lowest BCUT2D eigenvalue weighted by Gasteiger charge is -2.27. The van der Waals surface area contributed by atoms with Gasteiger partial charge >= 0.3 is 0 Å². The highest BCUT2D eigenvalue weighted by Gasteiger charge is 2.13. The molecule has 0 spiro atoms. The number of nitrogens with zero attached hydrogens (tertiary/aromatic N) is 3. The van der Waals surface area contributed by atoms with Crippen LogP contribution in [0.2, 0.25) is 0 Å². The maximum absolute atomic E-state index is 5.31. The molecule has 0 aromatic heterocycles. The second-order valence-corrected chi connectivity index (χ2v) is 8.11. The normalized spacial score (nSPS) is 33.4. The van der Waals surface area contributed by atoms with E-state index in [1.54, 1.807) is 0 Å². The summed E-state index contributed by atoms with van der Waals surface area (Å²) in [5, 5.41) is 0. The summed E-state index contributed by atoms with van der Waals surface area (Å²) >= 11 is 0. The Balaban J connectivity index is 0.000000173. The molecule has 3 aliphatic rings. The van der Waals surface area contributed by atoms with Crippen molar-refractivity contribution in [3.05, 3.63) is 0 Å². The summed E-state index contributed by atoms with van der Waals surface area (Å²) in [5.74, 6) is 1.89. The molecule has 3 fully saturated rings. The maximum atomic E-state index is 5.31. The first kappa shape index (κ1) is 20.9. The molecule has 0 aromatic rings. The molecule has 0 aliphatic carbocycles. The van der Waals surface area contributed by atoms with Gasteiger partial charge in [-0.05, 0) is 72.3 Å². The van der Waals surface area contributed by atoms with Gasteiger partial charge in [0.15, 0.2) is 0 Å². The number of hydrogen-bond donors (Lipinski definition) is 0. The molecule has 23 heavy (non-hydrogen) atoms. The van der Waals surface area contributed by atoms with E-state index in [0.29, 0.717) is 6.10 Å². The second-order valence-electron chi connectivity index (χ2n) is 8.11. The summed E-state index contributed by atoms with van der Waals surface area (Å²) in [4.78, 5) is 7.08. The zero-order valence-corrected chi connectivity index (χ0v) is 16.6. The van der Waals surface area contributed by atoms with Crippen molar-refractivity contribution >= 4 is 0 Å². The Hall–Kier alpha value is -0.160. The quantitative estimate of drug-likeness (QED) is 0.681. The first-order valence-corrected chi connectivity index (χ1v) is 9.54. The SMILES string of the molecule is CC1CCCN(C)C1.CC1CCN(C)C1.CC1CN(C)CCO1. The molecule has 0 radical (unpaired) electrons. The summed E-state index contributed by atoms with van der Waals surface area (Å²) in [6, 6.07) is 0. The molecule has 3 unspecified atom stereocenters. The molecule has 0 bridgehead atoms. The minimum absolute atomic E-state index is 0.439. The molecule has 0 amide bonds. The van der Waals surface area contributed by atoms with Crippen molar-refractivity contribution in [3.63, 3.8) is 0 Å². The topological polar surface area (TPSA) is 19.0 Å². The monoisotopic (exact) mass is 327 g/mol. The van der Waals surface area contributed by atoms with Gasteiger partial charge in [-0.25, -0.2) is 0 Å². The van der Waals surface area contributed by atoms with Gasteiger partial charge in [0.05, 0.1) is 12.7 Å². The highest BCUT2D eigenvalue weighted by molar-refractivity contribution is 4.68. The van der Waals surface area contributed by atoms with Crippen LogP contribution < -0.4 is 0 Å². The predicted molar refractivity (Wildman–Crippen MR) is 100 cm³/mol. The van der Waals surface area contributed by atoms with Gasteiger partial charge in [-0.3, -0.25) is 0 Å². The minimum Gasteiger partial charge on any atom is -0.376 e. The molecular weight excluding hydrogens is 286 g/mol. The molecule has 4 heteroatoms. The summed E-state index contributed by atoms with van der Waals surface area (Å²) < 4.78 is 5.31. The third kappa shape index (κ3) is 10.3. The molecule has 3 atom stereocenters. The van der Waals surface area contributed by atoms with Gasteiger partial charge in [0, 0.05) is 26.2 Å². The van der Waals surface area contributed by atoms with Gasteiger partial charge in [0.1, 0.15) is 0 Å². The Kier molecular flexibility index (Phi) is 10.4. The van der Waals surface area contributed by atoms with Crippen LogP contribution in [0.25, 0.3) is 0 Å². The highest BCUT2D eigenvalue weighted by atomic mass is 16.5. The first-order valence-electron chi connectivity index (χ1n) is 9.54. The van der Waals surface area contributed by atoms with Crippen LogP contribution in [0.15, 0.2) is 0 Å². The summed E-state index contributed by atoms with van der Waals surface area (Å²) in [5.41, 5.74) is 0. The van der Waals surface area contributed by atoms with Crippen molar-refractivity contribution in [2.45, 2.75) is 46.1 Å². The van der Waals surface area contributed by atoms with Crippen LogP contribution in [0.3, 0.4) is 0 Å². The summed E-state index contributed by atoms with van der Waals surface area (Å²) in [6.45, 7) is 15.0. The molecular formula is C19H41N3O. The smallest absolute Gasteiger partial charge is 0.0674 e. The number of likely N-dealkylation sites (tertiary alicyclic amines) is 2. The summed E-state index contributed by atoms with van der Waals surface area (Å²) in [6.07, 6.45) is 4.67. The van der Waals surface area contributed by atoms with Gasteiger partial charge < -0.3 is 19.4 Å². The fraction of sp³-hybridized carbons (Fsp3) is 1.00. The highest BCUT2D eigenvalue weighted by Crippen LogP contribution is 2.13. The van der Waals surface area contributed by atoms with E-state index >= 15 is 0 Å². The molecule has 4 nitrogen and oxygen atoms in total. The van der Waals surface area contributed by atoms with E-state index in [4.69, 9.17) is 4.74 Å². The number of piperidine rings is 1. The first-order chi connectivity index (χ1) is 10.9. The van der Waals surface area contributed by atoms with Gasteiger partial charge in [-0.15, -0.1) is 0 Å². The van der Waals surface area contributed by atoms with Gasteiger partial charge in [-0.2, -0.15) is 0 Å². The molecule has 3 aliphatic heterocycles. The summed E-state index contributed by atoms with van der Waals surface area (Å²) in [7, 11) is 6.51. The van der Waals surface area contributed by atoms with E-state index < -0.39 is 0 Å². The zero-order chi connectivity index (χ0) is 17.2. The van der Waals surface area contributed by atoms with E-state index in [-0.39, 0.29) is 0 Å². The fourth-order valence-electron chi connectivity index (χ4n) is 3.57. The lowest BCUT2D eigenvalue weighted by Crippen LogP contribution is -2.38. The number of morpholine rings is 1. The number of likely N-dealkylation sites (N-methyl/N-ethyl adjacent to an activating group) is 1. The van der Waals surface area contributed by atoms with Gasteiger partial charge in [0.25, 0.3) is 0 Å². The molecule has 3 rings (SSSR count).